The summed E-state index contributed by atoms with van der Waals surface area (Å²) < 4.78 is 19.4. The Hall–Kier alpha value is -2.87. The standard InChI is InChI=1S/C23H23BrFN3O3/c1-15(31-21-7-6-17(25)13-19(21)24)23(30)28-10-8-27(9-11-28)22(29)12-16-14-26-20-5-3-2-4-18(16)20/h2-7,13-15,26H,8-12H2,1H3. The number of aromatic nitrogens is 1. The lowest BCUT2D eigenvalue weighted by molar-refractivity contribution is -0.143. The first-order chi connectivity index (χ1) is 14.9. The summed E-state index contributed by atoms with van der Waals surface area (Å²) in [6.07, 6.45) is 1.50. The molecule has 0 spiro atoms. The number of hydrogen-bond acceptors (Lipinski definition) is 3. The molecule has 4 rings (SSSR count). The van der Waals surface area contributed by atoms with Crippen molar-refractivity contribution in [3.8, 4) is 5.75 Å². The molecule has 3 aromatic rings. The average Bonchev–Trinajstić information content (AvgIpc) is 3.18. The number of halogens is 2. The maximum absolute atomic E-state index is 13.2. The van der Waals surface area contributed by atoms with Crippen LogP contribution in [0.1, 0.15) is 12.5 Å². The maximum atomic E-state index is 13.2. The molecule has 1 aliphatic rings. The number of H-pyrrole nitrogens is 1. The van der Waals surface area contributed by atoms with Crippen LogP contribution in [0.25, 0.3) is 10.9 Å². The fourth-order valence-corrected chi connectivity index (χ4v) is 4.24. The molecule has 1 unspecified atom stereocenters. The van der Waals surface area contributed by atoms with Crippen molar-refractivity contribution in [2.45, 2.75) is 19.4 Å². The van der Waals surface area contributed by atoms with Crippen LogP contribution in [-0.2, 0) is 16.0 Å². The zero-order valence-corrected chi connectivity index (χ0v) is 18.7. The number of hydrogen-bond donors (Lipinski definition) is 1. The molecule has 2 aromatic carbocycles. The molecular weight excluding hydrogens is 465 g/mol. The van der Waals surface area contributed by atoms with Crippen LogP contribution in [0.5, 0.6) is 5.75 Å². The number of piperazine rings is 1. The highest BCUT2D eigenvalue weighted by Crippen LogP contribution is 2.27. The fraction of sp³-hybridized carbons (Fsp3) is 0.304. The number of fused-ring (bicyclic) bond motifs is 1. The Morgan fingerprint density at radius 1 is 1.13 bits per heavy atom. The molecule has 1 aromatic heterocycles. The first kappa shape index (κ1) is 21.4. The molecule has 0 saturated carbocycles. The summed E-state index contributed by atoms with van der Waals surface area (Å²) in [5.41, 5.74) is 1.99. The number of rotatable bonds is 5. The van der Waals surface area contributed by atoms with Gasteiger partial charge in [0, 0.05) is 43.3 Å². The third kappa shape index (κ3) is 4.74. The number of nitrogens with one attached hydrogen (secondary N) is 1. The summed E-state index contributed by atoms with van der Waals surface area (Å²) in [6, 6.07) is 12.0. The molecule has 6 nitrogen and oxygen atoms in total. The molecule has 2 amide bonds. The number of nitrogens with zero attached hydrogens (tertiary/aromatic N) is 2. The van der Waals surface area contributed by atoms with Gasteiger partial charge in [-0.1, -0.05) is 18.2 Å². The normalized spacial score (nSPS) is 15.2. The number of carbonyl (C=O) groups is 2. The average molecular weight is 488 g/mol. The van der Waals surface area contributed by atoms with E-state index in [1.54, 1.807) is 16.7 Å². The zero-order valence-electron chi connectivity index (χ0n) is 17.1. The number of para-hydroxylation sites is 1. The molecule has 0 aliphatic carbocycles. The van der Waals surface area contributed by atoms with Crippen molar-refractivity contribution in [1.29, 1.82) is 0 Å². The van der Waals surface area contributed by atoms with Gasteiger partial charge >= 0.3 is 0 Å². The van der Waals surface area contributed by atoms with Crippen molar-refractivity contribution in [3.63, 3.8) is 0 Å². The summed E-state index contributed by atoms with van der Waals surface area (Å²) >= 11 is 3.25. The molecule has 162 valence electrons. The van der Waals surface area contributed by atoms with Crippen molar-refractivity contribution in [2.24, 2.45) is 0 Å². The van der Waals surface area contributed by atoms with Gasteiger partial charge in [0.2, 0.25) is 5.91 Å². The lowest BCUT2D eigenvalue weighted by atomic mass is 10.1. The zero-order chi connectivity index (χ0) is 22.0. The maximum Gasteiger partial charge on any atom is 0.263 e. The number of ether oxygens (including phenoxy) is 1. The van der Waals surface area contributed by atoms with Crippen LogP contribution in [0.2, 0.25) is 0 Å². The van der Waals surface area contributed by atoms with E-state index in [9.17, 15) is 14.0 Å². The Labute approximate surface area is 188 Å². The molecule has 0 bridgehead atoms. The summed E-state index contributed by atoms with van der Waals surface area (Å²) in [7, 11) is 0. The van der Waals surface area contributed by atoms with Crippen LogP contribution < -0.4 is 4.74 Å². The van der Waals surface area contributed by atoms with Crippen molar-refractivity contribution in [1.82, 2.24) is 14.8 Å². The summed E-state index contributed by atoms with van der Waals surface area (Å²) in [5.74, 6) is -0.0715. The van der Waals surface area contributed by atoms with E-state index in [1.165, 1.54) is 18.2 Å². The van der Waals surface area contributed by atoms with Crippen LogP contribution in [-0.4, -0.2) is 58.9 Å². The lowest BCUT2D eigenvalue weighted by Crippen LogP contribution is -2.53. The molecule has 2 heterocycles. The number of amides is 2. The summed E-state index contributed by atoms with van der Waals surface area (Å²) in [5, 5.41) is 1.06. The van der Waals surface area contributed by atoms with Gasteiger partial charge in [-0.25, -0.2) is 4.39 Å². The topological polar surface area (TPSA) is 65.6 Å². The third-order valence-electron chi connectivity index (χ3n) is 5.51. The Balaban J connectivity index is 1.31. The SMILES string of the molecule is CC(Oc1ccc(F)cc1Br)C(=O)N1CCN(C(=O)Cc2c[nH]c3ccccc23)CC1. The quantitative estimate of drug-likeness (QED) is 0.595. The van der Waals surface area contributed by atoms with Gasteiger partial charge in [-0.2, -0.15) is 0 Å². The third-order valence-corrected chi connectivity index (χ3v) is 6.13. The van der Waals surface area contributed by atoms with Crippen molar-refractivity contribution >= 4 is 38.6 Å². The number of aromatic amines is 1. The fourth-order valence-electron chi connectivity index (χ4n) is 3.80. The molecule has 1 saturated heterocycles. The molecular formula is C23H23BrFN3O3. The molecule has 1 fully saturated rings. The first-order valence-corrected chi connectivity index (χ1v) is 10.9. The minimum atomic E-state index is -0.713. The summed E-state index contributed by atoms with van der Waals surface area (Å²) in [6.45, 7) is 3.56. The van der Waals surface area contributed by atoms with E-state index in [0.29, 0.717) is 42.8 Å². The van der Waals surface area contributed by atoms with Crippen LogP contribution in [0.3, 0.4) is 0 Å². The van der Waals surface area contributed by atoms with Gasteiger partial charge in [0.1, 0.15) is 11.6 Å². The first-order valence-electron chi connectivity index (χ1n) is 10.2. The second-order valence-electron chi connectivity index (χ2n) is 7.58. The van der Waals surface area contributed by atoms with E-state index in [4.69, 9.17) is 4.74 Å². The molecule has 0 radical (unpaired) electrons. The van der Waals surface area contributed by atoms with Gasteiger partial charge in [-0.3, -0.25) is 9.59 Å². The molecule has 8 heteroatoms. The summed E-state index contributed by atoms with van der Waals surface area (Å²) in [4.78, 5) is 32.2. The van der Waals surface area contributed by atoms with Crippen LogP contribution >= 0.6 is 15.9 Å². The second kappa shape index (κ2) is 9.09. The Bertz CT molecular complexity index is 1110. The van der Waals surface area contributed by atoms with E-state index in [1.807, 2.05) is 30.5 Å². The van der Waals surface area contributed by atoms with E-state index in [2.05, 4.69) is 20.9 Å². The van der Waals surface area contributed by atoms with Crippen molar-refractivity contribution in [3.05, 3.63) is 64.5 Å². The molecule has 31 heavy (non-hydrogen) atoms. The highest BCUT2D eigenvalue weighted by atomic mass is 79.9. The van der Waals surface area contributed by atoms with Crippen LogP contribution in [0.4, 0.5) is 4.39 Å². The van der Waals surface area contributed by atoms with Crippen LogP contribution in [0, 0.1) is 5.82 Å². The number of carbonyl (C=O) groups excluding carboxylic acids is 2. The van der Waals surface area contributed by atoms with Crippen LogP contribution in [0.15, 0.2) is 53.1 Å². The Morgan fingerprint density at radius 2 is 1.84 bits per heavy atom. The van der Waals surface area contributed by atoms with Gasteiger partial charge in [-0.15, -0.1) is 0 Å². The smallest absolute Gasteiger partial charge is 0.263 e. The Morgan fingerprint density at radius 3 is 2.58 bits per heavy atom. The van der Waals surface area contributed by atoms with Crippen molar-refractivity contribution in [2.75, 3.05) is 26.2 Å². The predicted molar refractivity (Wildman–Crippen MR) is 119 cm³/mol. The largest absolute Gasteiger partial charge is 0.480 e. The minimum Gasteiger partial charge on any atom is -0.480 e. The predicted octanol–water partition coefficient (Wildman–Crippen LogP) is 3.75. The monoisotopic (exact) mass is 487 g/mol. The second-order valence-corrected chi connectivity index (χ2v) is 8.43. The lowest BCUT2D eigenvalue weighted by Gasteiger charge is -2.36. The molecule has 1 atom stereocenters. The highest BCUT2D eigenvalue weighted by molar-refractivity contribution is 9.10. The van der Waals surface area contributed by atoms with E-state index < -0.39 is 6.10 Å². The van der Waals surface area contributed by atoms with Crippen molar-refractivity contribution < 1.29 is 18.7 Å². The molecule has 1 aliphatic heterocycles. The van der Waals surface area contributed by atoms with Gasteiger partial charge in [0.05, 0.1) is 10.9 Å². The van der Waals surface area contributed by atoms with Gasteiger partial charge in [-0.05, 0) is 52.7 Å². The van der Waals surface area contributed by atoms with E-state index in [-0.39, 0.29) is 17.6 Å². The minimum absolute atomic E-state index is 0.0522. The van der Waals surface area contributed by atoms with Gasteiger partial charge < -0.3 is 19.5 Å². The molecule has 1 N–H and O–H groups in total. The van der Waals surface area contributed by atoms with E-state index >= 15 is 0 Å². The number of benzene rings is 2. The van der Waals surface area contributed by atoms with Gasteiger partial charge in [0.25, 0.3) is 5.91 Å². The van der Waals surface area contributed by atoms with Gasteiger partial charge in [0.15, 0.2) is 6.10 Å². The Kier molecular flexibility index (Phi) is 6.27. The van der Waals surface area contributed by atoms with E-state index in [0.717, 1.165) is 16.5 Å². The highest BCUT2D eigenvalue weighted by Gasteiger charge is 2.28.